The van der Waals surface area contributed by atoms with Gasteiger partial charge >= 0.3 is 0 Å². The lowest BCUT2D eigenvalue weighted by atomic mass is 10.0. The van der Waals surface area contributed by atoms with Crippen LogP contribution in [0.2, 0.25) is 0 Å². The molecule has 30 heavy (non-hydrogen) atoms. The molecule has 154 valence electrons. The molecule has 0 aliphatic carbocycles. The molecule has 2 aromatic carbocycles. The highest BCUT2D eigenvalue weighted by atomic mass is 16.5. The summed E-state index contributed by atoms with van der Waals surface area (Å²) in [7, 11) is 3.30. The normalized spacial score (nSPS) is 13.2. The average molecular weight is 401 g/mol. The van der Waals surface area contributed by atoms with Crippen LogP contribution in [-0.2, 0) is 0 Å². The molecular formula is C26H28N2O2. The van der Waals surface area contributed by atoms with Crippen molar-refractivity contribution in [3.8, 4) is 11.5 Å². The molecule has 0 radical (unpaired) electrons. The van der Waals surface area contributed by atoms with E-state index in [2.05, 4.69) is 9.98 Å². The first-order valence-electron chi connectivity index (χ1n) is 9.72. The van der Waals surface area contributed by atoms with Gasteiger partial charge in [0.1, 0.15) is 11.5 Å². The van der Waals surface area contributed by atoms with Crippen LogP contribution in [0.25, 0.3) is 0 Å². The van der Waals surface area contributed by atoms with Crippen LogP contribution in [0.4, 0.5) is 11.4 Å². The summed E-state index contributed by atoms with van der Waals surface area (Å²) in [5, 5.41) is 0. The van der Waals surface area contributed by atoms with E-state index in [1.807, 2.05) is 98.8 Å². The fourth-order valence-corrected chi connectivity index (χ4v) is 2.60. The van der Waals surface area contributed by atoms with Gasteiger partial charge in [0.25, 0.3) is 0 Å². The van der Waals surface area contributed by atoms with Gasteiger partial charge in [-0.25, -0.2) is 0 Å². The third kappa shape index (κ3) is 7.40. The van der Waals surface area contributed by atoms with E-state index in [1.54, 1.807) is 26.6 Å². The Balaban J connectivity index is 2.22. The first-order chi connectivity index (χ1) is 14.7. The zero-order chi connectivity index (χ0) is 21.6. The Kier molecular flexibility index (Phi) is 9.60. The third-order valence-corrected chi connectivity index (χ3v) is 4.13. The minimum absolute atomic E-state index is 0.813. The number of rotatable bonds is 9. The lowest BCUT2D eigenvalue weighted by Crippen LogP contribution is -1.86. The van der Waals surface area contributed by atoms with Gasteiger partial charge in [0.2, 0.25) is 0 Å². The first-order valence-corrected chi connectivity index (χ1v) is 9.72. The molecule has 0 unspecified atom stereocenters. The van der Waals surface area contributed by atoms with E-state index in [1.165, 1.54) is 0 Å². The van der Waals surface area contributed by atoms with E-state index < -0.39 is 0 Å². The summed E-state index contributed by atoms with van der Waals surface area (Å²) in [5.41, 5.74) is 3.80. The molecule has 0 N–H and O–H groups in total. The van der Waals surface area contributed by atoms with Crippen molar-refractivity contribution < 1.29 is 9.47 Å². The van der Waals surface area contributed by atoms with Gasteiger partial charge in [0.05, 0.1) is 25.6 Å². The molecule has 2 rings (SSSR count). The monoisotopic (exact) mass is 400 g/mol. The summed E-state index contributed by atoms with van der Waals surface area (Å²) in [4.78, 5) is 9.01. The van der Waals surface area contributed by atoms with Crippen LogP contribution in [-0.4, -0.2) is 26.6 Å². The van der Waals surface area contributed by atoms with Crippen molar-refractivity contribution in [2.24, 2.45) is 9.98 Å². The summed E-state index contributed by atoms with van der Waals surface area (Å²) < 4.78 is 10.4. The summed E-state index contributed by atoms with van der Waals surface area (Å²) in [6.07, 6.45) is 15.7. The molecule has 4 nitrogen and oxygen atoms in total. The van der Waals surface area contributed by atoms with Crippen LogP contribution in [0, 0.1) is 0 Å². The highest BCUT2D eigenvalue weighted by Gasteiger charge is 1.97. The standard InChI is InChI=1S/C26H28N2O2/c1-5-7-21(17-19-27-23-9-13-25(29-3)14-10-23)22(8-6-2)18-20-28-24-11-15-26(30-4)16-12-24/h5-20H,1-4H3/b7-5-,8-6-,21-17-,22-18+,27-19?,28-20?. The minimum Gasteiger partial charge on any atom is -0.497 e. The lowest BCUT2D eigenvalue weighted by molar-refractivity contribution is 0.415. The van der Waals surface area contributed by atoms with Gasteiger partial charge in [-0.2, -0.15) is 0 Å². The van der Waals surface area contributed by atoms with Crippen molar-refractivity contribution in [2.75, 3.05) is 14.2 Å². The zero-order valence-corrected chi connectivity index (χ0v) is 17.9. The summed E-state index contributed by atoms with van der Waals surface area (Å²) in [6.45, 7) is 3.99. The number of nitrogens with zero attached hydrogens (tertiary/aromatic N) is 2. The van der Waals surface area contributed by atoms with Crippen LogP contribution in [0.15, 0.2) is 106 Å². The molecule has 0 amide bonds. The molecule has 2 aromatic rings. The molecule has 0 saturated heterocycles. The predicted molar refractivity (Wildman–Crippen MR) is 128 cm³/mol. The van der Waals surface area contributed by atoms with E-state index in [0.717, 1.165) is 34.0 Å². The van der Waals surface area contributed by atoms with Crippen molar-refractivity contribution >= 4 is 23.8 Å². The Labute approximate surface area is 179 Å². The van der Waals surface area contributed by atoms with Gasteiger partial charge in [-0.3, -0.25) is 9.98 Å². The number of benzene rings is 2. The SMILES string of the molecule is C\C=C/C(=C/C=Nc1ccc(OC)cc1)C(/C=C\C)=C/C=Nc1ccc(OC)cc1. The second-order valence-corrected chi connectivity index (χ2v) is 6.20. The Morgan fingerprint density at radius 1 is 0.633 bits per heavy atom. The Bertz CT molecular complexity index is 880. The van der Waals surface area contributed by atoms with Crippen molar-refractivity contribution in [3.05, 3.63) is 96.1 Å². The largest absolute Gasteiger partial charge is 0.497 e. The first kappa shape index (κ1) is 22.6. The van der Waals surface area contributed by atoms with E-state index in [4.69, 9.17) is 9.47 Å². The average Bonchev–Trinajstić information content (AvgIpc) is 2.79. The minimum atomic E-state index is 0.813. The number of hydrogen-bond acceptors (Lipinski definition) is 4. The smallest absolute Gasteiger partial charge is 0.119 e. The summed E-state index contributed by atoms with van der Waals surface area (Å²) >= 11 is 0. The van der Waals surface area contributed by atoms with Crippen LogP contribution < -0.4 is 9.47 Å². The summed E-state index contributed by atoms with van der Waals surface area (Å²) in [6, 6.07) is 15.2. The van der Waals surface area contributed by atoms with Gasteiger partial charge in [0.15, 0.2) is 0 Å². The zero-order valence-electron chi connectivity index (χ0n) is 17.9. The van der Waals surface area contributed by atoms with Crippen molar-refractivity contribution in [2.45, 2.75) is 13.8 Å². The van der Waals surface area contributed by atoms with Gasteiger partial charge in [-0.05, 0) is 85.7 Å². The van der Waals surface area contributed by atoms with Crippen LogP contribution >= 0.6 is 0 Å². The molecule has 0 spiro atoms. The lowest BCUT2D eigenvalue weighted by Gasteiger charge is -2.02. The molecule has 0 aliphatic rings. The van der Waals surface area contributed by atoms with E-state index in [0.29, 0.717) is 0 Å². The third-order valence-electron chi connectivity index (χ3n) is 4.13. The Morgan fingerprint density at radius 3 is 1.30 bits per heavy atom. The van der Waals surface area contributed by atoms with Gasteiger partial charge in [0, 0.05) is 12.4 Å². The fourth-order valence-electron chi connectivity index (χ4n) is 2.60. The quantitative estimate of drug-likeness (QED) is 0.343. The number of ether oxygens (including phenoxy) is 2. The molecule has 0 saturated carbocycles. The van der Waals surface area contributed by atoms with Crippen LogP contribution in [0.3, 0.4) is 0 Å². The molecule has 0 aliphatic heterocycles. The molecule has 0 fully saturated rings. The van der Waals surface area contributed by atoms with Crippen LogP contribution in [0.1, 0.15) is 13.8 Å². The van der Waals surface area contributed by atoms with Gasteiger partial charge in [-0.1, -0.05) is 24.3 Å². The number of allylic oxidation sites excluding steroid dienone is 8. The molecule has 4 heteroatoms. The van der Waals surface area contributed by atoms with Gasteiger partial charge in [-0.15, -0.1) is 0 Å². The van der Waals surface area contributed by atoms with Crippen molar-refractivity contribution in [1.29, 1.82) is 0 Å². The highest BCUT2D eigenvalue weighted by molar-refractivity contribution is 5.82. The maximum absolute atomic E-state index is 5.18. The number of hydrogen-bond donors (Lipinski definition) is 0. The maximum Gasteiger partial charge on any atom is 0.119 e. The molecule has 0 bridgehead atoms. The van der Waals surface area contributed by atoms with E-state index in [9.17, 15) is 0 Å². The highest BCUT2D eigenvalue weighted by Crippen LogP contribution is 2.19. The second-order valence-electron chi connectivity index (χ2n) is 6.20. The van der Waals surface area contributed by atoms with Crippen LogP contribution in [0.5, 0.6) is 11.5 Å². The van der Waals surface area contributed by atoms with E-state index in [-0.39, 0.29) is 0 Å². The van der Waals surface area contributed by atoms with Gasteiger partial charge < -0.3 is 9.47 Å². The Hall–Kier alpha value is -3.66. The number of methoxy groups -OCH3 is 2. The predicted octanol–water partition coefficient (Wildman–Crippen LogP) is 6.81. The van der Waals surface area contributed by atoms with E-state index >= 15 is 0 Å². The molecule has 0 aromatic heterocycles. The van der Waals surface area contributed by atoms with Crippen molar-refractivity contribution in [1.82, 2.24) is 0 Å². The molecular weight excluding hydrogens is 372 g/mol. The number of aliphatic imine (C=N–C) groups is 2. The molecule has 0 atom stereocenters. The Morgan fingerprint density at radius 2 is 1.00 bits per heavy atom. The second kappa shape index (κ2) is 12.7. The van der Waals surface area contributed by atoms with Crippen molar-refractivity contribution in [3.63, 3.8) is 0 Å². The topological polar surface area (TPSA) is 43.2 Å². The maximum atomic E-state index is 5.18. The molecule has 0 heterocycles. The summed E-state index contributed by atoms with van der Waals surface area (Å²) in [5.74, 6) is 1.63. The fraction of sp³-hybridized carbons (Fsp3) is 0.154.